The smallest absolute Gasteiger partial charge is 0.244 e. The van der Waals surface area contributed by atoms with Gasteiger partial charge in [-0.3, -0.25) is 10.2 Å². The molecule has 8 nitrogen and oxygen atoms in total. The van der Waals surface area contributed by atoms with Crippen molar-refractivity contribution in [3.05, 3.63) is 107 Å². The molecule has 4 aromatic carbocycles. The molecule has 0 aromatic heterocycles. The van der Waals surface area contributed by atoms with Crippen LogP contribution in [-0.2, 0) is 27.9 Å². The molecule has 3 N–H and O–H groups in total. The Balaban J connectivity index is 1.49. The topological polar surface area (TPSA) is 117 Å². The van der Waals surface area contributed by atoms with E-state index in [1.165, 1.54) is 4.31 Å². The summed E-state index contributed by atoms with van der Waals surface area (Å²) in [5, 5.41) is 9.33. The number of ether oxygens (including phenoxy) is 1. The van der Waals surface area contributed by atoms with Crippen LogP contribution in [0.25, 0.3) is 10.8 Å². The summed E-state index contributed by atoms with van der Waals surface area (Å²) >= 11 is 0. The van der Waals surface area contributed by atoms with E-state index in [2.05, 4.69) is 0 Å². The number of amidine groups is 1. The van der Waals surface area contributed by atoms with Crippen LogP contribution >= 0.6 is 0 Å². The third-order valence-electron chi connectivity index (χ3n) is 7.31. The molecule has 5 rings (SSSR count). The van der Waals surface area contributed by atoms with E-state index in [1.54, 1.807) is 54.5 Å². The third kappa shape index (κ3) is 5.57. The normalized spacial score (nSPS) is 15.6. The number of aryl methyl sites for hydroxylation is 1. The zero-order valence-electron chi connectivity index (χ0n) is 22.5. The van der Waals surface area contributed by atoms with E-state index in [1.807, 2.05) is 49.4 Å². The Hall–Kier alpha value is -4.21. The highest BCUT2D eigenvalue weighted by Crippen LogP contribution is 2.30. The van der Waals surface area contributed by atoms with Crippen LogP contribution in [0.4, 0.5) is 0 Å². The number of hydrogen-bond acceptors (Lipinski definition) is 5. The molecule has 206 valence electrons. The van der Waals surface area contributed by atoms with Crippen LogP contribution in [0.2, 0.25) is 0 Å². The second kappa shape index (κ2) is 11.1. The average molecular weight is 557 g/mol. The minimum absolute atomic E-state index is 0.0455. The Morgan fingerprint density at radius 3 is 2.48 bits per heavy atom. The van der Waals surface area contributed by atoms with Gasteiger partial charge in [-0.15, -0.1) is 0 Å². The van der Waals surface area contributed by atoms with Crippen LogP contribution in [0.3, 0.4) is 0 Å². The van der Waals surface area contributed by atoms with E-state index >= 15 is 0 Å². The molecule has 0 bridgehead atoms. The highest BCUT2D eigenvalue weighted by molar-refractivity contribution is 7.89. The van der Waals surface area contributed by atoms with Crippen LogP contribution in [0.5, 0.6) is 5.75 Å². The molecule has 1 aliphatic heterocycles. The number of nitrogens with two attached hydrogens (primary N) is 1. The van der Waals surface area contributed by atoms with Crippen LogP contribution in [0.15, 0.2) is 89.8 Å². The molecule has 1 heterocycles. The highest BCUT2D eigenvalue weighted by Gasteiger charge is 2.42. The van der Waals surface area contributed by atoms with Crippen LogP contribution < -0.4 is 10.5 Å². The number of carbonyl (C=O) groups is 1. The Kier molecular flexibility index (Phi) is 7.60. The van der Waals surface area contributed by atoms with Crippen molar-refractivity contribution in [1.29, 1.82) is 5.41 Å². The number of nitrogens with one attached hydrogen (secondary N) is 1. The average Bonchev–Trinajstić information content (AvgIpc) is 3.31. The van der Waals surface area contributed by atoms with Crippen molar-refractivity contribution in [1.82, 2.24) is 9.21 Å². The summed E-state index contributed by atoms with van der Waals surface area (Å²) in [5.41, 5.74) is 8.92. The first-order valence-electron chi connectivity index (χ1n) is 13.0. The molecule has 1 fully saturated rings. The number of amides is 1. The van der Waals surface area contributed by atoms with E-state index < -0.39 is 16.1 Å². The van der Waals surface area contributed by atoms with Crippen molar-refractivity contribution in [2.45, 2.75) is 37.4 Å². The molecule has 1 saturated heterocycles. The Labute approximate surface area is 234 Å². The van der Waals surface area contributed by atoms with E-state index in [0.717, 1.165) is 27.5 Å². The molecule has 0 radical (unpaired) electrons. The van der Waals surface area contributed by atoms with Crippen LogP contribution in [0, 0.1) is 12.3 Å². The van der Waals surface area contributed by atoms with E-state index in [-0.39, 0.29) is 23.2 Å². The van der Waals surface area contributed by atoms with Gasteiger partial charge in [0.2, 0.25) is 15.9 Å². The van der Waals surface area contributed by atoms with E-state index in [0.29, 0.717) is 30.8 Å². The summed E-state index contributed by atoms with van der Waals surface area (Å²) in [5.74, 6) is 0.344. The van der Waals surface area contributed by atoms with Crippen molar-refractivity contribution in [3.63, 3.8) is 0 Å². The molecule has 0 unspecified atom stereocenters. The quantitative estimate of drug-likeness (QED) is 0.234. The summed E-state index contributed by atoms with van der Waals surface area (Å²) in [6.45, 7) is 2.78. The maximum absolute atomic E-state index is 14.2. The van der Waals surface area contributed by atoms with Gasteiger partial charge in [0, 0.05) is 25.2 Å². The number of nitrogen functional groups attached to an aromatic ring is 1. The van der Waals surface area contributed by atoms with Gasteiger partial charge in [-0.1, -0.05) is 60.2 Å². The van der Waals surface area contributed by atoms with Gasteiger partial charge < -0.3 is 15.4 Å². The first kappa shape index (κ1) is 27.4. The predicted octanol–water partition coefficient (Wildman–Crippen LogP) is 4.43. The van der Waals surface area contributed by atoms with Crippen molar-refractivity contribution in [2.24, 2.45) is 5.73 Å². The van der Waals surface area contributed by atoms with Gasteiger partial charge in [0.05, 0.1) is 12.0 Å². The fourth-order valence-electron chi connectivity index (χ4n) is 5.07. The van der Waals surface area contributed by atoms with E-state index in [9.17, 15) is 13.2 Å². The second-order valence-electron chi connectivity index (χ2n) is 10.1. The third-order valence-corrected chi connectivity index (χ3v) is 9.16. The number of fused-ring (bicyclic) bond motifs is 1. The van der Waals surface area contributed by atoms with Gasteiger partial charge in [0.15, 0.2) is 0 Å². The van der Waals surface area contributed by atoms with Gasteiger partial charge in [-0.2, -0.15) is 4.31 Å². The lowest BCUT2D eigenvalue weighted by Crippen LogP contribution is -2.44. The molecule has 1 atom stereocenters. The first-order valence-corrected chi connectivity index (χ1v) is 14.5. The van der Waals surface area contributed by atoms with Gasteiger partial charge in [-0.05, 0) is 65.6 Å². The number of hydrogen-bond donors (Lipinski definition) is 2. The minimum Gasteiger partial charge on any atom is -0.497 e. The van der Waals surface area contributed by atoms with Crippen molar-refractivity contribution < 1.29 is 17.9 Å². The molecule has 0 aliphatic carbocycles. The molecule has 9 heteroatoms. The first-order chi connectivity index (χ1) is 19.2. The number of carbonyl (C=O) groups excluding carboxylic acids is 1. The molecule has 1 aliphatic rings. The van der Waals surface area contributed by atoms with Gasteiger partial charge in [0.25, 0.3) is 0 Å². The Morgan fingerprint density at radius 1 is 1.00 bits per heavy atom. The Bertz CT molecular complexity index is 1690. The van der Waals surface area contributed by atoms with Crippen LogP contribution in [-0.4, -0.2) is 49.1 Å². The van der Waals surface area contributed by atoms with Gasteiger partial charge in [0.1, 0.15) is 17.6 Å². The molecule has 40 heavy (non-hydrogen) atoms. The van der Waals surface area contributed by atoms with Crippen molar-refractivity contribution in [3.8, 4) is 5.75 Å². The zero-order chi connectivity index (χ0) is 28.4. The fraction of sp³-hybridized carbons (Fsp3) is 0.226. The molecule has 1 amide bonds. The molecule has 4 aromatic rings. The monoisotopic (exact) mass is 556 g/mol. The molecule has 0 saturated carbocycles. The summed E-state index contributed by atoms with van der Waals surface area (Å²) in [4.78, 5) is 15.5. The number of nitrogens with zero attached hydrogens (tertiary/aromatic N) is 2. The number of sulfonamides is 1. The second-order valence-corrected chi connectivity index (χ2v) is 12.0. The summed E-state index contributed by atoms with van der Waals surface area (Å²) < 4.78 is 35.1. The maximum Gasteiger partial charge on any atom is 0.244 e. The van der Waals surface area contributed by atoms with Gasteiger partial charge >= 0.3 is 0 Å². The standard InChI is InChI=1S/C31H32N4O4S/c1-21-6-8-22(9-7-21)20-35(40(37,38)28-13-11-24-10-12-27(39-2)17-26(24)18-28)29-14-15-34(31(29)36)19-23-4-3-5-25(16-23)30(32)33/h3-13,16-18,29H,14-15,19-20H2,1-2H3,(H3,32,33)/t29-/m0/s1. The zero-order valence-corrected chi connectivity index (χ0v) is 23.3. The molecule has 0 spiro atoms. The number of benzene rings is 4. The minimum atomic E-state index is -4.05. The predicted molar refractivity (Wildman–Crippen MR) is 156 cm³/mol. The lowest BCUT2D eigenvalue weighted by atomic mass is 10.1. The fourth-order valence-corrected chi connectivity index (χ4v) is 6.70. The molecular formula is C31H32N4O4S. The summed E-state index contributed by atoms with van der Waals surface area (Å²) in [7, 11) is -2.48. The number of likely N-dealkylation sites (tertiary alicyclic amines) is 1. The lowest BCUT2D eigenvalue weighted by molar-refractivity contribution is -0.131. The largest absolute Gasteiger partial charge is 0.497 e. The van der Waals surface area contributed by atoms with Crippen molar-refractivity contribution in [2.75, 3.05) is 13.7 Å². The number of methoxy groups -OCH3 is 1. The summed E-state index contributed by atoms with van der Waals surface area (Å²) in [6, 6.07) is 24.5. The number of rotatable bonds is 9. The Morgan fingerprint density at radius 2 is 1.75 bits per heavy atom. The molecular weight excluding hydrogens is 524 g/mol. The van der Waals surface area contributed by atoms with Crippen molar-refractivity contribution >= 4 is 32.5 Å². The maximum atomic E-state index is 14.2. The summed E-state index contributed by atoms with van der Waals surface area (Å²) in [6.07, 6.45) is 0.373. The lowest BCUT2D eigenvalue weighted by Gasteiger charge is -2.28. The van der Waals surface area contributed by atoms with Crippen LogP contribution in [0.1, 0.15) is 28.7 Å². The SMILES string of the molecule is COc1ccc2ccc(S(=O)(=O)N(Cc3ccc(C)cc3)[C@H]3CCN(Cc4cccc(C(=N)N)c4)C3=O)cc2c1. The van der Waals surface area contributed by atoms with E-state index in [4.69, 9.17) is 15.9 Å². The van der Waals surface area contributed by atoms with Gasteiger partial charge in [-0.25, -0.2) is 8.42 Å². The highest BCUT2D eigenvalue weighted by atomic mass is 32.2.